The Morgan fingerprint density at radius 1 is 1.11 bits per heavy atom. The number of amides is 1. The SMILES string of the molecule is COc1ccc(/C(O)=C2\C(=O)C(=O)N(CCCN3CCOCC3)[C@H]2c2ccc(Cl)cc2Cl)cc1C. The molecule has 186 valence electrons. The largest absolute Gasteiger partial charge is 0.507 e. The number of halogens is 2. The van der Waals surface area contributed by atoms with Gasteiger partial charge in [-0.2, -0.15) is 0 Å². The van der Waals surface area contributed by atoms with Gasteiger partial charge in [0.25, 0.3) is 11.7 Å². The first kappa shape index (κ1) is 25.5. The van der Waals surface area contributed by atoms with Gasteiger partial charge < -0.3 is 19.5 Å². The molecule has 4 rings (SSSR count). The lowest BCUT2D eigenvalue weighted by atomic mass is 9.94. The van der Waals surface area contributed by atoms with E-state index in [1.807, 2.05) is 6.92 Å². The molecular formula is C26H28Cl2N2O5. The number of rotatable bonds is 7. The van der Waals surface area contributed by atoms with Crippen molar-refractivity contribution in [1.82, 2.24) is 9.80 Å². The maximum Gasteiger partial charge on any atom is 0.295 e. The summed E-state index contributed by atoms with van der Waals surface area (Å²) in [4.78, 5) is 30.2. The Kier molecular flexibility index (Phi) is 8.02. The Labute approximate surface area is 214 Å². The van der Waals surface area contributed by atoms with Crippen molar-refractivity contribution in [2.45, 2.75) is 19.4 Å². The summed E-state index contributed by atoms with van der Waals surface area (Å²) in [7, 11) is 1.56. The number of carbonyl (C=O) groups is 2. The van der Waals surface area contributed by atoms with Gasteiger partial charge in [0.05, 0.1) is 31.9 Å². The fraction of sp³-hybridized carbons (Fsp3) is 0.385. The number of hydrogen-bond acceptors (Lipinski definition) is 6. The van der Waals surface area contributed by atoms with Gasteiger partial charge in [-0.25, -0.2) is 0 Å². The number of likely N-dealkylation sites (tertiary alicyclic amines) is 1. The van der Waals surface area contributed by atoms with Crippen LogP contribution in [0.15, 0.2) is 42.0 Å². The lowest BCUT2D eigenvalue weighted by molar-refractivity contribution is -0.140. The van der Waals surface area contributed by atoms with Gasteiger partial charge in [-0.05, 0) is 54.8 Å². The smallest absolute Gasteiger partial charge is 0.295 e. The molecule has 1 N–H and O–H groups in total. The highest BCUT2D eigenvalue weighted by molar-refractivity contribution is 6.47. The quantitative estimate of drug-likeness (QED) is 0.331. The number of aliphatic hydroxyl groups excluding tert-OH is 1. The number of aryl methyl sites for hydroxylation is 1. The number of ether oxygens (including phenoxy) is 2. The van der Waals surface area contributed by atoms with E-state index in [1.165, 1.54) is 4.90 Å². The monoisotopic (exact) mass is 518 g/mol. The Hall–Kier alpha value is -2.58. The van der Waals surface area contributed by atoms with Gasteiger partial charge in [0, 0.05) is 41.8 Å². The minimum atomic E-state index is -0.827. The minimum Gasteiger partial charge on any atom is -0.507 e. The fourth-order valence-electron chi connectivity index (χ4n) is 4.63. The van der Waals surface area contributed by atoms with Crippen LogP contribution < -0.4 is 4.74 Å². The van der Waals surface area contributed by atoms with Gasteiger partial charge >= 0.3 is 0 Å². The predicted octanol–water partition coefficient (Wildman–Crippen LogP) is 4.45. The molecule has 1 amide bonds. The molecule has 1 atom stereocenters. The Bertz CT molecular complexity index is 1160. The normalized spacial score (nSPS) is 20.5. The average molecular weight is 519 g/mol. The molecule has 0 aliphatic carbocycles. The maximum atomic E-state index is 13.2. The van der Waals surface area contributed by atoms with E-state index in [0.29, 0.717) is 53.1 Å². The van der Waals surface area contributed by atoms with Crippen molar-refractivity contribution in [3.8, 4) is 5.75 Å². The Morgan fingerprint density at radius 3 is 2.51 bits per heavy atom. The van der Waals surface area contributed by atoms with E-state index in [4.69, 9.17) is 32.7 Å². The highest BCUT2D eigenvalue weighted by Crippen LogP contribution is 2.42. The molecule has 9 heteroatoms. The van der Waals surface area contributed by atoms with Crippen LogP contribution in [0.3, 0.4) is 0 Å². The molecule has 2 fully saturated rings. The summed E-state index contributed by atoms with van der Waals surface area (Å²) in [5.41, 5.74) is 1.76. The van der Waals surface area contributed by atoms with Crippen molar-refractivity contribution in [1.29, 1.82) is 0 Å². The number of morpholine rings is 1. The van der Waals surface area contributed by atoms with Gasteiger partial charge in [0.2, 0.25) is 0 Å². The topological polar surface area (TPSA) is 79.3 Å². The minimum absolute atomic E-state index is 0.00941. The van der Waals surface area contributed by atoms with E-state index in [0.717, 1.165) is 25.2 Å². The van der Waals surface area contributed by atoms with Crippen molar-refractivity contribution < 1.29 is 24.2 Å². The molecule has 2 heterocycles. The summed E-state index contributed by atoms with van der Waals surface area (Å²) >= 11 is 12.6. The highest BCUT2D eigenvalue weighted by Gasteiger charge is 2.46. The first-order chi connectivity index (χ1) is 16.8. The van der Waals surface area contributed by atoms with E-state index < -0.39 is 17.7 Å². The van der Waals surface area contributed by atoms with Crippen LogP contribution in [0.25, 0.3) is 5.76 Å². The molecule has 7 nitrogen and oxygen atoms in total. The van der Waals surface area contributed by atoms with Crippen molar-refractivity contribution in [2.24, 2.45) is 0 Å². The molecule has 0 spiro atoms. The summed E-state index contributed by atoms with van der Waals surface area (Å²) in [6, 6.07) is 9.20. The molecule has 35 heavy (non-hydrogen) atoms. The molecular weight excluding hydrogens is 491 g/mol. The molecule has 2 saturated heterocycles. The number of benzene rings is 2. The number of methoxy groups -OCH3 is 1. The van der Waals surface area contributed by atoms with Crippen molar-refractivity contribution in [2.75, 3.05) is 46.5 Å². The van der Waals surface area contributed by atoms with Gasteiger partial charge in [-0.3, -0.25) is 14.5 Å². The lowest BCUT2D eigenvalue weighted by Crippen LogP contribution is -2.39. The first-order valence-corrected chi connectivity index (χ1v) is 12.3. The number of aliphatic hydroxyl groups is 1. The summed E-state index contributed by atoms with van der Waals surface area (Å²) < 4.78 is 10.7. The first-order valence-electron chi connectivity index (χ1n) is 11.5. The molecule has 2 aromatic carbocycles. The second-order valence-corrected chi connectivity index (χ2v) is 9.49. The lowest BCUT2D eigenvalue weighted by Gasteiger charge is -2.29. The van der Waals surface area contributed by atoms with E-state index in [9.17, 15) is 14.7 Å². The van der Waals surface area contributed by atoms with Gasteiger partial charge in [-0.1, -0.05) is 29.3 Å². The predicted molar refractivity (Wildman–Crippen MR) is 135 cm³/mol. The summed E-state index contributed by atoms with van der Waals surface area (Å²) in [5.74, 6) is -0.989. The zero-order valence-corrected chi connectivity index (χ0v) is 21.2. The van der Waals surface area contributed by atoms with E-state index in [-0.39, 0.29) is 11.3 Å². The fourth-order valence-corrected chi connectivity index (χ4v) is 5.14. The number of ketones is 1. The molecule has 0 saturated carbocycles. The number of hydrogen-bond donors (Lipinski definition) is 1. The second kappa shape index (κ2) is 11.0. The number of carbonyl (C=O) groups excluding carboxylic acids is 2. The van der Waals surface area contributed by atoms with Crippen molar-refractivity contribution >= 4 is 40.7 Å². The van der Waals surface area contributed by atoms with Crippen LogP contribution in [-0.4, -0.2) is 73.1 Å². The molecule has 2 aliphatic rings. The van der Waals surface area contributed by atoms with Gasteiger partial charge in [-0.15, -0.1) is 0 Å². The average Bonchev–Trinajstić information content (AvgIpc) is 3.09. The van der Waals surface area contributed by atoms with E-state index >= 15 is 0 Å². The van der Waals surface area contributed by atoms with Crippen LogP contribution >= 0.6 is 23.2 Å². The molecule has 0 bridgehead atoms. The highest BCUT2D eigenvalue weighted by atomic mass is 35.5. The molecule has 2 aromatic rings. The van der Waals surface area contributed by atoms with Crippen LogP contribution in [0.2, 0.25) is 10.0 Å². The van der Waals surface area contributed by atoms with Crippen molar-refractivity contribution in [3.63, 3.8) is 0 Å². The summed E-state index contributed by atoms with van der Waals surface area (Å²) in [6.45, 7) is 5.99. The van der Waals surface area contributed by atoms with Crippen LogP contribution in [0.5, 0.6) is 5.75 Å². The third-order valence-corrected chi connectivity index (χ3v) is 7.00. The third-order valence-electron chi connectivity index (χ3n) is 6.44. The van der Waals surface area contributed by atoms with E-state index in [2.05, 4.69) is 4.90 Å². The standard InChI is InChI=1S/C26H28Cl2N2O5/c1-16-14-17(4-7-21(16)34-2)24(31)22-23(19-6-5-18(27)15-20(19)28)30(26(33)25(22)32)9-3-8-29-10-12-35-13-11-29/h4-7,14-15,23,31H,3,8-13H2,1-2H3/b24-22+/t23-/m0/s1. The summed E-state index contributed by atoms with van der Waals surface area (Å²) in [5, 5.41) is 12.0. The summed E-state index contributed by atoms with van der Waals surface area (Å²) in [6.07, 6.45) is 0.663. The molecule has 0 aromatic heterocycles. The molecule has 0 radical (unpaired) electrons. The molecule has 0 unspecified atom stereocenters. The zero-order chi connectivity index (χ0) is 25.1. The Morgan fingerprint density at radius 2 is 1.86 bits per heavy atom. The van der Waals surface area contributed by atoms with Crippen LogP contribution in [0.4, 0.5) is 0 Å². The maximum absolute atomic E-state index is 13.2. The van der Waals surface area contributed by atoms with Crippen LogP contribution in [-0.2, 0) is 14.3 Å². The van der Waals surface area contributed by atoms with Gasteiger partial charge in [0.1, 0.15) is 11.5 Å². The van der Waals surface area contributed by atoms with Crippen LogP contribution in [0, 0.1) is 6.92 Å². The zero-order valence-electron chi connectivity index (χ0n) is 19.7. The number of Topliss-reactive ketones (excluding diaryl/α,β-unsaturated/α-hetero) is 1. The Balaban J connectivity index is 1.72. The van der Waals surface area contributed by atoms with Crippen LogP contribution in [0.1, 0.15) is 29.2 Å². The second-order valence-electron chi connectivity index (χ2n) is 8.65. The number of nitrogens with zero attached hydrogens (tertiary/aromatic N) is 2. The van der Waals surface area contributed by atoms with Gasteiger partial charge in [0.15, 0.2) is 0 Å². The third kappa shape index (κ3) is 5.33. The van der Waals surface area contributed by atoms with Crippen molar-refractivity contribution in [3.05, 3.63) is 68.7 Å². The molecule has 2 aliphatic heterocycles. The van der Waals surface area contributed by atoms with E-state index in [1.54, 1.807) is 43.5 Å².